The second kappa shape index (κ2) is 7.75. The van der Waals surface area contributed by atoms with Crippen LogP contribution in [0.2, 0.25) is 10.2 Å². The molecule has 0 radical (unpaired) electrons. The standard InChI is InChI=1S/C16H18Cl2N4O4S/c1-10-15(11(2)26-20-10)27(24,25)22-7-3-6-21(8-9-22)16(23)14-12(17)4-5-13(18)19-14/h4-5H,3,6-9H2,1-2H3. The predicted octanol–water partition coefficient (Wildman–Crippen LogP) is 2.53. The number of hydrogen-bond donors (Lipinski definition) is 0. The Morgan fingerprint density at radius 3 is 2.56 bits per heavy atom. The van der Waals surface area contributed by atoms with Crippen LogP contribution in [-0.4, -0.2) is 59.8 Å². The molecule has 1 fully saturated rings. The Bertz CT molecular complexity index is 957. The number of sulfonamides is 1. The maximum Gasteiger partial charge on any atom is 0.274 e. The van der Waals surface area contributed by atoms with E-state index < -0.39 is 10.0 Å². The van der Waals surface area contributed by atoms with Gasteiger partial charge in [-0.3, -0.25) is 4.79 Å². The Balaban J connectivity index is 1.80. The van der Waals surface area contributed by atoms with Crippen molar-refractivity contribution in [3.05, 3.63) is 39.5 Å². The summed E-state index contributed by atoms with van der Waals surface area (Å²) >= 11 is 11.9. The molecule has 1 aliphatic rings. The number of carbonyl (C=O) groups is 1. The number of amides is 1. The predicted molar refractivity (Wildman–Crippen MR) is 99.5 cm³/mol. The summed E-state index contributed by atoms with van der Waals surface area (Å²) in [4.78, 5) is 18.4. The van der Waals surface area contributed by atoms with Gasteiger partial charge in [0.2, 0.25) is 10.0 Å². The average Bonchev–Trinajstić information content (AvgIpc) is 2.83. The molecule has 0 N–H and O–H groups in total. The van der Waals surface area contributed by atoms with Gasteiger partial charge in [-0.15, -0.1) is 0 Å². The molecule has 2 aromatic rings. The van der Waals surface area contributed by atoms with Gasteiger partial charge in [-0.1, -0.05) is 28.4 Å². The second-order valence-electron chi connectivity index (χ2n) is 6.17. The van der Waals surface area contributed by atoms with Gasteiger partial charge < -0.3 is 9.42 Å². The Morgan fingerprint density at radius 2 is 1.89 bits per heavy atom. The Hall–Kier alpha value is -1.68. The first kappa shape index (κ1) is 20.1. The summed E-state index contributed by atoms with van der Waals surface area (Å²) in [7, 11) is -3.76. The largest absolute Gasteiger partial charge is 0.360 e. The molecule has 0 aliphatic carbocycles. The van der Waals surface area contributed by atoms with Crippen LogP contribution in [0.25, 0.3) is 0 Å². The Kier molecular flexibility index (Phi) is 5.76. The van der Waals surface area contributed by atoms with Crippen LogP contribution in [-0.2, 0) is 10.0 Å². The van der Waals surface area contributed by atoms with Gasteiger partial charge in [0.25, 0.3) is 5.91 Å². The summed E-state index contributed by atoms with van der Waals surface area (Å²) in [6.45, 7) is 4.18. The van der Waals surface area contributed by atoms with E-state index in [9.17, 15) is 13.2 Å². The van der Waals surface area contributed by atoms with Crippen molar-refractivity contribution in [1.82, 2.24) is 19.3 Å². The molecular formula is C16H18Cl2N4O4S. The van der Waals surface area contributed by atoms with E-state index in [-0.39, 0.29) is 52.1 Å². The number of pyridine rings is 1. The van der Waals surface area contributed by atoms with Crippen molar-refractivity contribution in [3.8, 4) is 0 Å². The first-order valence-electron chi connectivity index (χ1n) is 8.26. The summed E-state index contributed by atoms with van der Waals surface area (Å²) in [5, 5.41) is 4.09. The van der Waals surface area contributed by atoms with Crippen molar-refractivity contribution in [3.63, 3.8) is 0 Å². The number of aromatic nitrogens is 2. The molecular weight excluding hydrogens is 415 g/mol. The molecule has 146 valence electrons. The quantitative estimate of drug-likeness (QED) is 0.691. The number of rotatable bonds is 3. The lowest BCUT2D eigenvalue weighted by Crippen LogP contribution is -2.38. The highest BCUT2D eigenvalue weighted by Crippen LogP contribution is 2.25. The second-order valence-corrected chi connectivity index (χ2v) is 8.84. The van der Waals surface area contributed by atoms with E-state index in [0.29, 0.717) is 18.7 Å². The third-order valence-electron chi connectivity index (χ3n) is 4.32. The van der Waals surface area contributed by atoms with Crippen LogP contribution in [0.5, 0.6) is 0 Å². The molecule has 27 heavy (non-hydrogen) atoms. The van der Waals surface area contributed by atoms with Crippen LogP contribution in [0, 0.1) is 13.8 Å². The number of nitrogens with zero attached hydrogens (tertiary/aromatic N) is 4. The maximum absolute atomic E-state index is 13.0. The smallest absolute Gasteiger partial charge is 0.274 e. The number of hydrogen-bond acceptors (Lipinski definition) is 6. The van der Waals surface area contributed by atoms with Gasteiger partial charge in [0, 0.05) is 26.2 Å². The van der Waals surface area contributed by atoms with Crippen LogP contribution in [0.4, 0.5) is 0 Å². The highest BCUT2D eigenvalue weighted by atomic mass is 35.5. The zero-order valence-corrected chi connectivity index (χ0v) is 17.1. The molecule has 3 heterocycles. The highest BCUT2D eigenvalue weighted by molar-refractivity contribution is 7.89. The van der Waals surface area contributed by atoms with Crippen molar-refractivity contribution >= 4 is 39.1 Å². The zero-order valence-electron chi connectivity index (χ0n) is 14.8. The van der Waals surface area contributed by atoms with Crippen LogP contribution >= 0.6 is 23.2 Å². The molecule has 1 aliphatic heterocycles. The van der Waals surface area contributed by atoms with E-state index in [2.05, 4.69) is 10.1 Å². The number of aryl methyl sites for hydroxylation is 2. The summed E-state index contributed by atoms with van der Waals surface area (Å²) in [5.74, 6) is -0.126. The maximum atomic E-state index is 13.0. The van der Waals surface area contributed by atoms with Crippen LogP contribution in [0.1, 0.15) is 28.4 Å². The Morgan fingerprint density at radius 1 is 1.15 bits per heavy atom. The molecule has 0 atom stereocenters. The minimum absolute atomic E-state index is 0.0613. The van der Waals surface area contributed by atoms with Crippen molar-refractivity contribution in [1.29, 1.82) is 0 Å². The van der Waals surface area contributed by atoms with Crippen LogP contribution in [0.3, 0.4) is 0 Å². The van der Waals surface area contributed by atoms with E-state index in [4.69, 9.17) is 27.7 Å². The van der Waals surface area contributed by atoms with E-state index in [1.165, 1.54) is 21.3 Å². The van der Waals surface area contributed by atoms with E-state index >= 15 is 0 Å². The van der Waals surface area contributed by atoms with Crippen LogP contribution in [0.15, 0.2) is 21.6 Å². The minimum Gasteiger partial charge on any atom is -0.360 e. The van der Waals surface area contributed by atoms with Crippen molar-refractivity contribution < 1.29 is 17.7 Å². The average molecular weight is 433 g/mol. The van der Waals surface area contributed by atoms with E-state index in [1.807, 2.05) is 0 Å². The lowest BCUT2D eigenvalue weighted by atomic mass is 10.3. The molecule has 8 nitrogen and oxygen atoms in total. The van der Waals surface area contributed by atoms with E-state index in [0.717, 1.165) is 0 Å². The topological polar surface area (TPSA) is 96.6 Å². The SMILES string of the molecule is Cc1noc(C)c1S(=O)(=O)N1CCCN(C(=O)c2nc(Cl)ccc2Cl)CC1. The highest BCUT2D eigenvalue weighted by Gasteiger charge is 2.33. The summed E-state index contributed by atoms with van der Waals surface area (Å²) in [6.07, 6.45) is 0.479. The fourth-order valence-electron chi connectivity index (χ4n) is 3.03. The first-order chi connectivity index (χ1) is 12.7. The molecule has 0 spiro atoms. The van der Waals surface area contributed by atoms with Gasteiger partial charge in [0.1, 0.15) is 21.4 Å². The summed E-state index contributed by atoms with van der Waals surface area (Å²) in [5.41, 5.74) is 0.380. The Labute approximate surface area is 167 Å². The van der Waals surface area contributed by atoms with Crippen LogP contribution < -0.4 is 0 Å². The molecule has 1 saturated heterocycles. The van der Waals surface area contributed by atoms with Gasteiger partial charge in [-0.2, -0.15) is 4.31 Å². The van der Waals surface area contributed by atoms with Crippen molar-refractivity contribution in [2.45, 2.75) is 25.2 Å². The minimum atomic E-state index is -3.76. The van der Waals surface area contributed by atoms with Crippen molar-refractivity contribution in [2.24, 2.45) is 0 Å². The third kappa shape index (κ3) is 3.96. The molecule has 11 heteroatoms. The fourth-order valence-corrected chi connectivity index (χ4v) is 5.12. The third-order valence-corrected chi connectivity index (χ3v) is 6.98. The molecule has 0 saturated carbocycles. The van der Waals surface area contributed by atoms with Gasteiger partial charge in [-0.25, -0.2) is 13.4 Å². The van der Waals surface area contributed by atoms with Gasteiger partial charge >= 0.3 is 0 Å². The summed E-state index contributed by atoms with van der Waals surface area (Å²) < 4.78 is 32.3. The number of carbonyl (C=O) groups excluding carboxylic acids is 1. The van der Waals surface area contributed by atoms with E-state index in [1.54, 1.807) is 13.8 Å². The number of halogens is 2. The lowest BCUT2D eigenvalue weighted by Gasteiger charge is -2.22. The molecule has 0 aromatic carbocycles. The van der Waals surface area contributed by atoms with Gasteiger partial charge in [0.15, 0.2) is 5.76 Å². The van der Waals surface area contributed by atoms with Gasteiger partial charge in [0.05, 0.1) is 5.02 Å². The molecule has 0 unspecified atom stereocenters. The van der Waals surface area contributed by atoms with Gasteiger partial charge in [-0.05, 0) is 32.4 Å². The molecule has 0 bridgehead atoms. The fraction of sp³-hybridized carbons (Fsp3) is 0.438. The van der Waals surface area contributed by atoms with Crippen molar-refractivity contribution in [2.75, 3.05) is 26.2 Å². The first-order valence-corrected chi connectivity index (χ1v) is 10.5. The molecule has 1 amide bonds. The summed E-state index contributed by atoms with van der Waals surface area (Å²) in [6, 6.07) is 3.01. The lowest BCUT2D eigenvalue weighted by molar-refractivity contribution is 0.0758. The monoisotopic (exact) mass is 432 g/mol. The normalized spacial score (nSPS) is 16.4. The molecule has 3 rings (SSSR count). The molecule has 2 aromatic heterocycles. The zero-order chi connectivity index (χ0) is 19.8.